The quantitative estimate of drug-likeness (QED) is 0.929. The first kappa shape index (κ1) is 14.4. The summed E-state index contributed by atoms with van der Waals surface area (Å²) < 4.78 is 5.54. The summed E-state index contributed by atoms with van der Waals surface area (Å²) in [6.45, 7) is 1.83. The van der Waals surface area contributed by atoms with Crippen LogP contribution in [-0.4, -0.2) is 43.0 Å². The first-order valence-corrected chi connectivity index (χ1v) is 8.52. The second kappa shape index (κ2) is 6.48. The van der Waals surface area contributed by atoms with Gasteiger partial charge < -0.3 is 10.5 Å². The van der Waals surface area contributed by atoms with E-state index in [0.29, 0.717) is 18.2 Å². The smallest absolute Gasteiger partial charge is 0.0599 e. The number of fused-ring (bicyclic) bond motifs is 1. The minimum atomic E-state index is 0.382. The Hall–Kier alpha value is -0.550. The van der Waals surface area contributed by atoms with Gasteiger partial charge in [0.25, 0.3) is 0 Å². The molecule has 3 unspecified atom stereocenters. The first-order valence-electron chi connectivity index (χ1n) is 7.53. The van der Waals surface area contributed by atoms with Crippen molar-refractivity contribution in [3.05, 3.63) is 29.8 Å². The molecule has 0 radical (unpaired) electrons. The molecule has 1 aromatic rings. The van der Waals surface area contributed by atoms with Crippen LogP contribution in [0.1, 0.15) is 30.9 Å². The fourth-order valence-corrected chi connectivity index (χ4v) is 4.66. The highest BCUT2D eigenvalue weighted by Crippen LogP contribution is 2.41. The van der Waals surface area contributed by atoms with Gasteiger partial charge in [-0.3, -0.25) is 4.90 Å². The molecule has 1 fully saturated rings. The van der Waals surface area contributed by atoms with Crippen molar-refractivity contribution in [1.82, 2.24) is 4.90 Å². The van der Waals surface area contributed by atoms with E-state index in [1.807, 2.05) is 18.9 Å². The molecule has 0 bridgehead atoms. The topological polar surface area (TPSA) is 38.5 Å². The zero-order chi connectivity index (χ0) is 13.9. The summed E-state index contributed by atoms with van der Waals surface area (Å²) in [6.07, 6.45) is 3.81. The second-order valence-electron chi connectivity index (χ2n) is 5.70. The maximum absolute atomic E-state index is 6.03. The molecule has 0 aliphatic carbocycles. The molecule has 20 heavy (non-hydrogen) atoms. The first-order chi connectivity index (χ1) is 9.83. The van der Waals surface area contributed by atoms with Crippen molar-refractivity contribution in [2.45, 2.75) is 42.3 Å². The highest BCUT2D eigenvalue weighted by atomic mass is 32.2. The van der Waals surface area contributed by atoms with Crippen molar-refractivity contribution < 1.29 is 4.74 Å². The molecule has 1 aromatic carbocycles. The lowest BCUT2D eigenvalue weighted by molar-refractivity contribution is -0.00608. The molecule has 0 saturated carbocycles. The summed E-state index contributed by atoms with van der Waals surface area (Å²) in [4.78, 5) is 4.09. The Morgan fingerprint density at radius 1 is 1.35 bits per heavy atom. The van der Waals surface area contributed by atoms with Gasteiger partial charge in [-0.1, -0.05) is 18.2 Å². The van der Waals surface area contributed by atoms with Crippen molar-refractivity contribution in [3.8, 4) is 0 Å². The third kappa shape index (κ3) is 2.75. The van der Waals surface area contributed by atoms with E-state index in [1.165, 1.54) is 22.6 Å². The number of hydrogen-bond acceptors (Lipinski definition) is 4. The average molecular weight is 292 g/mol. The third-order valence-corrected chi connectivity index (χ3v) is 5.77. The van der Waals surface area contributed by atoms with Crippen molar-refractivity contribution >= 4 is 11.8 Å². The predicted molar refractivity (Wildman–Crippen MR) is 84.1 cm³/mol. The number of piperidine rings is 1. The van der Waals surface area contributed by atoms with Crippen LogP contribution in [0, 0.1) is 0 Å². The van der Waals surface area contributed by atoms with Crippen LogP contribution in [0.15, 0.2) is 29.2 Å². The van der Waals surface area contributed by atoms with Crippen LogP contribution in [-0.2, 0) is 4.74 Å². The van der Waals surface area contributed by atoms with E-state index in [9.17, 15) is 0 Å². The molecule has 2 heterocycles. The largest absolute Gasteiger partial charge is 0.381 e. The third-order valence-electron chi connectivity index (χ3n) is 4.65. The Balaban J connectivity index is 1.82. The van der Waals surface area contributed by atoms with Gasteiger partial charge in [0.1, 0.15) is 0 Å². The summed E-state index contributed by atoms with van der Waals surface area (Å²) in [5.74, 6) is 1.21. The van der Waals surface area contributed by atoms with Crippen molar-refractivity contribution in [2.75, 3.05) is 26.0 Å². The Labute approximate surface area is 125 Å². The highest BCUT2D eigenvalue weighted by Gasteiger charge is 2.34. The zero-order valence-electron chi connectivity index (χ0n) is 12.1. The molecule has 3 rings (SSSR count). The van der Waals surface area contributed by atoms with Gasteiger partial charge in [-0.25, -0.2) is 0 Å². The average Bonchev–Trinajstić information content (AvgIpc) is 2.53. The van der Waals surface area contributed by atoms with E-state index in [0.717, 1.165) is 25.9 Å². The fraction of sp³-hybridized carbons (Fsp3) is 0.625. The number of nitrogens with two attached hydrogens (primary N) is 1. The normalized spacial score (nSPS) is 31.0. The number of likely N-dealkylation sites (tertiary alicyclic amines) is 1. The van der Waals surface area contributed by atoms with Gasteiger partial charge in [0, 0.05) is 37.2 Å². The van der Waals surface area contributed by atoms with Crippen molar-refractivity contribution in [2.24, 2.45) is 5.73 Å². The maximum Gasteiger partial charge on any atom is 0.0599 e. The molecule has 110 valence electrons. The Bertz CT molecular complexity index is 454. The van der Waals surface area contributed by atoms with Gasteiger partial charge in [0.2, 0.25) is 0 Å². The minimum absolute atomic E-state index is 0.382. The summed E-state index contributed by atoms with van der Waals surface area (Å²) in [5, 5.41) is 0. The standard InChI is InChI=1S/C16H24N2OS/c1-19-13-6-8-18(12(10-13)11-17)15-7-9-20-16-5-3-2-4-14(15)16/h2-5,12-13,15H,6-11,17H2,1H3. The lowest BCUT2D eigenvalue weighted by Gasteiger charge is -2.44. The fourth-order valence-electron chi connectivity index (χ4n) is 3.56. The zero-order valence-corrected chi connectivity index (χ0v) is 12.9. The van der Waals surface area contributed by atoms with E-state index in [4.69, 9.17) is 10.5 Å². The van der Waals surface area contributed by atoms with Gasteiger partial charge in [-0.05, 0) is 36.6 Å². The molecular weight excluding hydrogens is 268 g/mol. The molecular formula is C16H24N2OS. The SMILES string of the molecule is COC1CCN(C2CCSc3ccccc32)C(CN)C1. The molecule has 0 amide bonds. The number of nitrogens with zero attached hydrogens (tertiary/aromatic N) is 1. The molecule has 0 spiro atoms. The Morgan fingerprint density at radius 2 is 2.20 bits per heavy atom. The Morgan fingerprint density at radius 3 is 3.00 bits per heavy atom. The monoisotopic (exact) mass is 292 g/mol. The summed E-state index contributed by atoms with van der Waals surface area (Å²) in [6, 6.07) is 9.85. The van der Waals surface area contributed by atoms with Crippen LogP contribution >= 0.6 is 11.8 Å². The van der Waals surface area contributed by atoms with Crippen molar-refractivity contribution in [3.63, 3.8) is 0 Å². The van der Waals surface area contributed by atoms with Gasteiger partial charge in [0.15, 0.2) is 0 Å². The molecule has 1 saturated heterocycles. The summed E-state index contributed by atoms with van der Waals surface area (Å²) in [5.41, 5.74) is 7.53. The predicted octanol–water partition coefficient (Wildman–Crippen LogP) is 2.66. The molecule has 4 heteroatoms. The molecule has 0 aromatic heterocycles. The second-order valence-corrected chi connectivity index (χ2v) is 6.84. The number of thioether (sulfide) groups is 1. The van der Waals surface area contributed by atoms with Crippen LogP contribution in [0.4, 0.5) is 0 Å². The lowest BCUT2D eigenvalue weighted by atomic mass is 9.93. The number of methoxy groups -OCH3 is 1. The highest BCUT2D eigenvalue weighted by molar-refractivity contribution is 7.99. The molecule has 2 N–H and O–H groups in total. The number of ether oxygens (including phenoxy) is 1. The maximum atomic E-state index is 6.03. The van der Waals surface area contributed by atoms with Gasteiger partial charge in [-0.15, -0.1) is 11.8 Å². The van der Waals surface area contributed by atoms with Crippen LogP contribution in [0.2, 0.25) is 0 Å². The molecule has 2 aliphatic rings. The van der Waals surface area contributed by atoms with Crippen LogP contribution in [0.3, 0.4) is 0 Å². The number of benzene rings is 1. The van der Waals surface area contributed by atoms with E-state index >= 15 is 0 Å². The van der Waals surface area contributed by atoms with Gasteiger partial charge >= 0.3 is 0 Å². The van der Waals surface area contributed by atoms with Crippen LogP contribution in [0.25, 0.3) is 0 Å². The van der Waals surface area contributed by atoms with E-state index in [-0.39, 0.29) is 0 Å². The molecule has 3 nitrogen and oxygen atoms in total. The van der Waals surface area contributed by atoms with Crippen molar-refractivity contribution in [1.29, 1.82) is 0 Å². The minimum Gasteiger partial charge on any atom is -0.381 e. The van der Waals surface area contributed by atoms with Crippen LogP contribution in [0.5, 0.6) is 0 Å². The number of rotatable bonds is 3. The molecule has 3 atom stereocenters. The van der Waals surface area contributed by atoms with Gasteiger partial charge in [0.05, 0.1) is 6.10 Å². The summed E-state index contributed by atoms with van der Waals surface area (Å²) in [7, 11) is 1.82. The van der Waals surface area contributed by atoms with Crippen LogP contribution < -0.4 is 5.73 Å². The summed E-state index contributed by atoms with van der Waals surface area (Å²) >= 11 is 1.99. The van der Waals surface area contributed by atoms with Gasteiger partial charge in [-0.2, -0.15) is 0 Å². The lowest BCUT2D eigenvalue weighted by Crippen LogP contribution is -2.50. The number of hydrogen-bond donors (Lipinski definition) is 1. The van der Waals surface area contributed by atoms with E-state index in [2.05, 4.69) is 29.2 Å². The molecule has 2 aliphatic heterocycles. The Kier molecular flexibility index (Phi) is 4.66. The van der Waals surface area contributed by atoms with E-state index < -0.39 is 0 Å². The van der Waals surface area contributed by atoms with E-state index in [1.54, 1.807) is 0 Å².